The molecule has 15 heavy (non-hydrogen) atoms. The second-order valence-corrected chi connectivity index (χ2v) is 4.13. The predicted molar refractivity (Wildman–Crippen MR) is 59.3 cm³/mol. The maximum atomic E-state index is 10.5. The van der Waals surface area contributed by atoms with E-state index in [4.69, 9.17) is 4.42 Å². The van der Waals surface area contributed by atoms with Crippen LogP contribution in [0.15, 0.2) is 16.5 Å². The molecule has 1 aliphatic carbocycles. The third kappa shape index (κ3) is 2.22. The third-order valence-corrected chi connectivity index (χ3v) is 3.13. The fourth-order valence-corrected chi connectivity index (χ4v) is 1.94. The van der Waals surface area contributed by atoms with Gasteiger partial charge >= 0.3 is 0 Å². The molecule has 1 aliphatic rings. The Kier molecular flexibility index (Phi) is 3.09. The minimum absolute atomic E-state index is 0.414. The van der Waals surface area contributed by atoms with E-state index in [9.17, 15) is 4.79 Å². The first kappa shape index (κ1) is 10.3. The van der Waals surface area contributed by atoms with Crippen molar-refractivity contribution in [2.24, 2.45) is 5.92 Å². The van der Waals surface area contributed by atoms with Gasteiger partial charge in [-0.25, -0.2) is 0 Å². The summed E-state index contributed by atoms with van der Waals surface area (Å²) in [5.41, 5.74) is 0. The van der Waals surface area contributed by atoms with Crippen LogP contribution in [0.4, 0.5) is 5.88 Å². The number of carbonyl (C=O) groups is 1. The minimum Gasteiger partial charge on any atom is -0.438 e. The number of hydrogen-bond acceptors (Lipinski definition) is 3. The summed E-state index contributed by atoms with van der Waals surface area (Å²) in [5, 5.41) is 0. The molecule has 1 aromatic heterocycles. The third-order valence-electron chi connectivity index (χ3n) is 3.13. The lowest BCUT2D eigenvalue weighted by Crippen LogP contribution is -2.32. The Balaban J connectivity index is 2.00. The molecule has 0 aliphatic heterocycles. The van der Waals surface area contributed by atoms with Gasteiger partial charge in [0.1, 0.15) is 0 Å². The molecule has 1 aromatic rings. The van der Waals surface area contributed by atoms with Gasteiger partial charge in [0.25, 0.3) is 0 Å². The first-order valence-corrected chi connectivity index (χ1v) is 5.63. The molecule has 2 rings (SSSR count). The van der Waals surface area contributed by atoms with E-state index in [2.05, 4.69) is 11.8 Å². The molecule has 3 nitrogen and oxygen atoms in total. The highest BCUT2D eigenvalue weighted by atomic mass is 16.4. The zero-order valence-electron chi connectivity index (χ0n) is 9.11. The van der Waals surface area contributed by atoms with Crippen LogP contribution in [0.2, 0.25) is 0 Å². The Labute approximate surface area is 90.1 Å². The molecule has 82 valence electrons. The molecule has 0 spiro atoms. The fraction of sp³-hybridized carbons (Fsp3) is 0.583. The summed E-state index contributed by atoms with van der Waals surface area (Å²) in [6.07, 6.45) is 4.77. The van der Waals surface area contributed by atoms with E-state index in [-0.39, 0.29) is 0 Å². The number of nitrogens with zero attached hydrogens (tertiary/aromatic N) is 1. The van der Waals surface area contributed by atoms with Crippen LogP contribution in [0, 0.1) is 5.92 Å². The van der Waals surface area contributed by atoms with Crippen molar-refractivity contribution in [2.45, 2.75) is 26.2 Å². The van der Waals surface area contributed by atoms with Gasteiger partial charge in [-0.15, -0.1) is 0 Å². The van der Waals surface area contributed by atoms with Crippen LogP contribution in [0.3, 0.4) is 0 Å². The maximum Gasteiger partial charge on any atom is 0.196 e. The summed E-state index contributed by atoms with van der Waals surface area (Å²) in [5.74, 6) is 2.05. The van der Waals surface area contributed by atoms with Crippen LogP contribution in [0.25, 0.3) is 0 Å². The van der Waals surface area contributed by atoms with Gasteiger partial charge in [0, 0.05) is 19.2 Å². The van der Waals surface area contributed by atoms with Crippen molar-refractivity contribution in [1.82, 2.24) is 0 Å². The van der Waals surface area contributed by atoms with Crippen LogP contribution >= 0.6 is 0 Å². The van der Waals surface area contributed by atoms with E-state index >= 15 is 0 Å². The number of hydrogen-bond donors (Lipinski definition) is 0. The molecule has 0 saturated heterocycles. The molecular weight excluding hydrogens is 190 g/mol. The Morgan fingerprint density at radius 2 is 2.33 bits per heavy atom. The molecule has 0 unspecified atom stereocenters. The molecule has 0 bridgehead atoms. The second-order valence-electron chi connectivity index (χ2n) is 4.13. The van der Waals surface area contributed by atoms with E-state index in [0.29, 0.717) is 5.76 Å². The summed E-state index contributed by atoms with van der Waals surface area (Å²) < 4.78 is 5.41. The Bertz CT molecular complexity index is 328. The summed E-state index contributed by atoms with van der Waals surface area (Å²) in [7, 11) is 0. The van der Waals surface area contributed by atoms with Crippen molar-refractivity contribution in [1.29, 1.82) is 0 Å². The molecule has 1 fully saturated rings. The lowest BCUT2D eigenvalue weighted by atomic mass is 9.85. The predicted octanol–water partition coefficient (Wildman–Crippen LogP) is 2.72. The average molecular weight is 207 g/mol. The van der Waals surface area contributed by atoms with Crippen molar-refractivity contribution in [3.63, 3.8) is 0 Å². The summed E-state index contributed by atoms with van der Waals surface area (Å²) in [4.78, 5) is 12.7. The second kappa shape index (κ2) is 4.51. The van der Waals surface area contributed by atoms with Crippen molar-refractivity contribution in [3.8, 4) is 0 Å². The highest BCUT2D eigenvalue weighted by Gasteiger charge is 2.21. The highest BCUT2D eigenvalue weighted by molar-refractivity contribution is 5.71. The zero-order chi connectivity index (χ0) is 10.7. The zero-order valence-corrected chi connectivity index (χ0v) is 9.11. The molecule has 1 heterocycles. The molecular formula is C12H17NO2. The van der Waals surface area contributed by atoms with Gasteiger partial charge in [0.15, 0.2) is 17.9 Å². The van der Waals surface area contributed by atoms with Gasteiger partial charge in [-0.3, -0.25) is 4.79 Å². The van der Waals surface area contributed by atoms with Gasteiger partial charge < -0.3 is 9.32 Å². The standard InChI is InChI=1S/C12H17NO2/c1-2-13(8-10-4-3-5-10)12-7-6-11(9-14)15-12/h6-7,9-10H,2-5,8H2,1H3. The average Bonchev–Trinajstić information content (AvgIpc) is 2.65. The normalized spacial score (nSPS) is 16.1. The van der Waals surface area contributed by atoms with Crippen LogP contribution in [0.1, 0.15) is 36.7 Å². The summed E-state index contributed by atoms with van der Waals surface area (Å²) in [6, 6.07) is 3.61. The van der Waals surface area contributed by atoms with Crippen molar-refractivity contribution in [3.05, 3.63) is 17.9 Å². The SMILES string of the molecule is CCN(CC1CCC1)c1ccc(C=O)o1. The van der Waals surface area contributed by atoms with Gasteiger partial charge in [-0.1, -0.05) is 6.42 Å². The van der Waals surface area contributed by atoms with E-state index in [0.717, 1.165) is 31.2 Å². The molecule has 0 radical (unpaired) electrons. The summed E-state index contributed by atoms with van der Waals surface area (Å²) >= 11 is 0. The molecule has 0 amide bonds. The Morgan fingerprint density at radius 1 is 1.53 bits per heavy atom. The fourth-order valence-electron chi connectivity index (χ4n) is 1.94. The molecule has 3 heteroatoms. The lowest BCUT2D eigenvalue weighted by molar-refractivity contribution is 0.110. The molecule has 0 N–H and O–H groups in total. The van der Waals surface area contributed by atoms with Crippen molar-refractivity contribution in [2.75, 3.05) is 18.0 Å². The van der Waals surface area contributed by atoms with Gasteiger partial charge in [-0.2, -0.15) is 0 Å². The van der Waals surface area contributed by atoms with Crippen LogP contribution < -0.4 is 4.90 Å². The molecule has 1 saturated carbocycles. The van der Waals surface area contributed by atoms with E-state index in [1.54, 1.807) is 6.07 Å². The topological polar surface area (TPSA) is 33.5 Å². The van der Waals surface area contributed by atoms with Crippen LogP contribution in [-0.4, -0.2) is 19.4 Å². The highest BCUT2D eigenvalue weighted by Crippen LogP contribution is 2.29. The van der Waals surface area contributed by atoms with E-state index in [1.165, 1.54) is 19.3 Å². The number of carbonyl (C=O) groups excluding carboxylic acids is 1. The number of furan rings is 1. The van der Waals surface area contributed by atoms with Crippen molar-refractivity contribution >= 4 is 12.2 Å². The van der Waals surface area contributed by atoms with E-state index < -0.39 is 0 Å². The smallest absolute Gasteiger partial charge is 0.196 e. The first-order valence-electron chi connectivity index (χ1n) is 5.63. The van der Waals surface area contributed by atoms with E-state index in [1.807, 2.05) is 6.07 Å². The van der Waals surface area contributed by atoms with Gasteiger partial charge in [0.2, 0.25) is 0 Å². The lowest BCUT2D eigenvalue weighted by Gasteiger charge is -2.31. The monoisotopic (exact) mass is 207 g/mol. The van der Waals surface area contributed by atoms with Gasteiger partial charge in [-0.05, 0) is 31.7 Å². The number of rotatable bonds is 5. The Hall–Kier alpha value is -1.25. The minimum atomic E-state index is 0.414. The van der Waals surface area contributed by atoms with Gasteiger partial charge in [0.05, 0.1) is 0 Å². The van der Waals surface area contributed by atoms with Crippen LogP contribution in [0.5, 0.6) is 0 Å². The Morgan fingerprint density at radius 3 is 2.80 bits per heavy atom. The largest absolute Gasteiger partial charge is 0.438 e. The molecule has 0 atom stereocenters. The number of anilines is 1. The maximum absolute atomic E-state index is 10.5. The van der Waals surface area contributed by atoms with Crippen molar-refractivity contribution < 1.29 is 9.21 Å². The van der Waals surface area contributed by atoms with Crippen LogP contribution in [-0.2, 0) is 0 Å². The number of aldehydes is 1. The first-order chi connectivity index (χ1) is 7.33. The quantitative estimate of drug-likeness (QED) is 0.696. The molecule has 0 aromatic carbocycles. The summed E-state index contributed by atoms with van der Waals surface area (Å²) in [6.45, 7) is 4.10.